The number of benzene rings is 1. The SMILES string of the molecule is O=C(NCc1ccncc1)C1c2ccccc2[C@@H]2CN1C(=O)N2OS(=O)(=O)O. The van der Waals surface area contributed by atoms with Gasteiger partial charge in [0.15, 0.2) is 0 Å². The topological polar surface area (TPSA) is 129 Å². The molecule has 1 aromatic heterocycles. The minimum atomic E-state index is -4.89. The number of nitrogens with one attached hydrogen (secondary N) is 1. The molecule has 3 amide bonds. The predicted octanol–water partition coefficient (Wildman–Crippen LogP) is 0.966. The van der Waals surface area contributed by atoms with Gasteiger partial charge in [-0.3, -0.25) is 14.3 Å². The molecule has 3 heterocycles. The quantitative estimate of drug-likeness (QED) is 0.710. The van der Waals surface area contributed by atoms with Gasteiger partial charge in [-0.25, -0.2) is 4.79 Å². The number of hydroxylamine groups is 2. The first-order chi connectivity index (χ1) is 13.3. The molecule has 11 heteroatoms. The molecule has 2 aliphatic rings. The Balaban J connectivity index is 1.64. The second kappa shape index (κ2) is 6.86. The highest BCUT2D eigenvalue weighted by Gasteiger charge is 2.51. The van der Waals surface area contributed by atoms with E-state index in [1.54, 1.807) is 48.8 Å². The number of carbonyl (C=O) groups is 2. The highest BCUT2D eigenvalue weighted by Crippen LogP contribution is 2.44. The van der Waals surface area contributed by atoms with Crippen molar-refractivity contribution >= 4 is 22.3 Å². The van der Waals surface area contributed by atoms with Crippen molar-refractivity contribution in [2.75, 3.05) is 6.54 Å². The van der Waals surface area contributed by atoms with E-state index in [0.717, 1.165) is 5.56 Å². The van der Waals surface area contributed by atoms with Crippen LogP contribution < -0.4 is 5.32 Å². The largest absolute Gasteiger partial charge is 0.418 e. The van der Waals surface area contributed by atoms with E-state index in [0.29, 0.717) is 16.2 Å². The van der Waals surface area contributed by atoms with Gasteiger partial charge < -0.3 is 10.2 Å². The molecule has 2 aromatic rings. The molecule has 10 nitrogen and oxygen atoms in total. The zero-order chi connectivity index (χ0) is 19.9. The lowest BCUT2D eigenvalue weighted by atomic mass is 9.90. The number of hydrogen-bond donors (Lipinski definition) is 2. The first kappa shape index (κ1) is 18.3. The van der Waals surface area contributed by atoms with Gasteiger partial charge in [0.2, 0.25) is 5.91 Å². The summed E-state index contributed by atoms with van der Waals surface area (Å²) in [6.07, 6.45) is 3.22. The van der Waals surface area contributed by atoms with Crippen LogP contribution in [-0.4, -0.2) is 46.4 Å². The summed E-state index contributed by atoms with van der Waals surface area (Å²) in [5, 5.41) is 3.38. The van der Waals surface area contributed by atoms with Gasteiger partial charge in [0.1, 0.15) is 12.1 Å². The average Bonchev–Trinajstić information content (AvgIpc) is 2.93. The van der Waals surface area contributed by atoms with Crippen molar-refractivity contribution in [3.8, 4) is 0 Å². The second-order valence-corrected chi connectivity index (χ2v) is 7.39. The molecule has 146 valence electrons. The Morgan fingerprint density at radius 3 is 2.57 bits per heavy atom. The van der Waals surface area contributed by atoms with E-state index in [1.807, 2.05) is 0 Å². The molecule has 2 aliphatic heterocycles. The summed E-state index contributed by atoms with van der Waals surface area (Å²) in [5.41, 5.74) is 1.99. The van der Waals surface area contributed by atoms with E-state index in [-0.39, 0.29) is 13.1 Å². The summed E-state index contributed by atoms with van der Waals surface area (Å²) >= 11 is 0. The zero-order valence-electron chi connectivity index (χ0n) is 14.4. The standard InChI is InChI=1S/C17H16N4O6S/c22-16(19-9-11-5-7-18-8-6-11)15-13-4-2-1-3-12(13)14-10-20(15)17(23)21(14)27-28(24,25)26/h1-8,14-15H,9-10H2,(H,19,22)(H,24,25,26)/t14-,15?/m0/s1. The first-order valence-electron chi connectivity index (χ1n) is 8.37. The van der Waals surface area contributed by atoms with Gasteiger partial charge in [-0.15, -0.1) is 4.28 Å². The average molecular weight is 404 g/mol. The Labute approximate surface area is 160 Å². The van der Waals surface area contributed by atoms with Gasteiger partial charge in [0.25, 0.3) is 0 Å². The smallest absolute Gasteiger partial charge is 0.350 e. The van der Waals surface area contributed by atoms with E-state index in [2.05, 4.69) is 14.6 Å². The molecule has 1 unspecified atom stereocenters. The minimum absolute atomic E-state index is 0.0543. The monoisotopic (exact) mass is 404 g/mol. The molecule has 2 atom stereocenters. The van der Waals surface area contributed by atoms with E-state index in [1.165, 1.54) is 4.90 Å². The van der Waals surface area contributed by atoms with E-state index in [4.69, 9.17) is 4.55 Å². The fourth-order valence-corrected chi connectivity index (χ4v) is 3.90. The summed E-state index contributed by atoms with van der Waals surface area (Å²) in [6, 6.07) is 7.84. The predicted molar refractivity (Wildman–Crippen MR) is 94.6 cm³/mol. The number of amides is 3. The normalized spacial score (nSPS) is 20.8. The zero-order valence-corrected chi connectivity index (χ0v) is 15.2. The van der Waals surface area contributed by atoms with Crippen LogP contribution in [0.3, 0.4) is 0 Å². The van der Waals surface area contributed by atoms with E-state index in [9.17, 15) is 18.0 Å². The summed E-state index contributed by atoms with van der Waals surface area (Å²) in [4.78, 5) is 30.7. The van der Waals surface area contributed by atoms with E-state index >= 15 is 0 Å². The van der Waals surface area contributed by atoms with Crippen LogP contribution in [-0.2, 0) is 26.0 Å². The fraction of sp³-hybridized carbons (Fsp3) is 0.235. The van der Waals surface area contributed by atoms with E-state index < -0.39 is 34.4 Å². The maximum Gasteiger partial charge on any atom is 0.418 e. The van der Waals surface area contributed by atoms with Gasteiger partial charge in [0.05, 0.1) is 6.54 Å². The van der Waals surface area contributed by atoms with Gasteiger partial charge in [-0.2, -0.15) is 13.5 Å². The molecule has 2 N–H and O–H groups in total. The van der Waals surface area contributed by atoms with Crippen molar-refractivity contribution in [3.05, 3.63) is 65.5 Å². The Bertz CT molecular complexity index is 1030. The first-order valence-corrected chi connectivity index (χ1v) is 9.74. The maximum absolute atomic E-state index is 12.9. The van der Waals surface area contributed by atoms with Gasteiger partial charge in [-0.05, 0) is 28.8 Å². The molecule has 1 saturated heterocycles. The third-order valence-corrected chi connectivity index (χ3v) is 5.04. The molecular weight excluding hydrogens is 388 g/mol. The number of rotatable bonds is 5. The Morgan fingerprint density at radius 1 is 1.21 bits per heavy atom. The molecule has 0 saturated carbocycles. The number of carbonyl (C=O) groups excluding carboxylic acids is 2. The number of fused-ring (bicyclic) bond motifs is 4. The van der Waals surface area contributed by atoms with Crippen molar-refractivity contribution < 1.29 is 26.8 Å². The van der Waals surface area contributed by atoms with Crippen molar-refractivity contribution in [1.82, 2.24) is 20.3 Å². The number of hydrogen-bond acceptors (Lipinski definition) is 6. The van der Waals surface area contributed by atoms with Crippen molar-refractivity contribution in [3.63, 3.8) is 0 Å². The maximum atomic E-state index is 12.9. The van der Waals surface area contributed by atoms with Crippen molar-refractivity contribution in [2.24, 2.45) is 0 Å². The fourth-order valence-electron chi connectivity index (χ4n) is 3.52. The van der Waals surface area contributed by atoms with Crippen molar-refractivity contribution in [2.45, 2.75) is 18.6 Å². The molecular formula is C17H16N4O6S. The third-order valence-electron chi connectivity index (χ3n) is 4.69. The molecule has 2 bridgehead atoms. The Kier molecular flexibility index (Phi) is 4.49. The van der Waals surface area contributed by atoms with Gasteiger partial charge in [0, 0.05) is 18.9 Å². The highest BCUT2D eigenvalue weighted by atomic mass is 32.3. The molecule has 28 heavy (non-hydrogen) atoms. The second-order valence-electron chi connectivity index (χ2n) is 6.38. The third kappa shape index (κ3) is 3.30. The van der Waals surface area contributed by atoms with Crippen LogP contribution in [0, 0.1) is 0 Å². The number of pyridine rings is 1. The number of nitrogens with zero attached hydrogens (tertiary/aromatic N) is 3. The lowest BCUT2D eigenvalue weighted by molar-refractivity contribution is -0.125. The van der Waals surface area contributed by atoms with Crippen LogP contribution in [0.2, 0.25) is 0 Å². The Hall–Kier alpha value is -3.02. The number of aromatic nitrogens is 1. The lowest BCUT2D eigenvalue weighted by Crippen LogP contribution is -2.43. The molecule has 1 aromatic carbocycles. The minimum Gasteiger partial charge on any atom is -0.350 e. The van der Waals surface area contributed by atoms with Crippen LogP contribution in [0.25, 0.3) is 0 Å². The number of urea groups is 1. The van der Waals surface area contributed by atoms with Gasteiger partial charge in [-0.1, -0.05) is 24.3 Å². The van der Waals surface area contributed by atoms with Crippen LogP contribution in [0.5, 0.6) is 0 Å². The molecule has 4 rings (SSSR count). The van der Waals surface area contributed by atoms with Crippen LogP contribution in [0.1, 0.15) is 28.8 Å². The van der Waals surface area contributed by atoms with Crippen LogP contribution in [0.4, 0.5) is 4.79 Å². The molecule has 0 radical (unpaired) electrons. The molecule has 1 fully saturated rings. The Morgan fingerprint density at radius 2 is 1.89 bits per heavy atom. The summed E-state index contributed by atoms with van der Waals surface area (Å²) < 4.78 is 35.8. The lowest BCUT2D eigenvalue weighted by Gasteiger charge is -2.31. The summed E-state index contributed by atoms with van der Waals surface area (Å²) in [7, 11) is -4.89. The van der Waals surface area contributed by atoms with Crippen LogP contribution >= 0.6 is 0 Å². The summed E-state index contributed by atoms with van der Waals surface area (Å²) in [5.74, 6) is -0.412. The van der Waals surface area contributed by atoms with Gasteiger partial charge >= 0.3 is 16.4 Å². The highest BCUT2D eigenvalue weighted by molar-refractivity contribution is 7.80. The molecule has 0 aliphatic carbocycles. The molecule has 0 spiro atoms. The van der Waals surface area contributed by atoms with Crippen molar-refractivity contribution in [1.29, 1.82) is 0 Å². The van der Waals surface area contributed by atoms with Crippen LogP contribution in [0.15, 0.2) is 48.8 Å². The summed E-state index contributed by atoms with van der Waals surface area (Å²) in [6.45, 7) is 0.301.